The van der Waals surface area contributed by atoms with Crippen molar-refractivity contribution in [2.24, 2.45) is 7.05 Å². The van der Waals surface area contributed by atoms with E-state index in [-0.39, 0.29) is 0 Å². The molecule has 2 aromatic heterocycles. The Bertz CT molecular complexity index is 1870. The fraction of sp³-hybridized carbons (Fsp3) is 0.238. The van der Waals surface area contributed by atoms with Crippen LogP contribution in [0.2, 0.25) is 0 Å². The molecule has 7 rings (SSSR count). The third-order valence-corrected chi connectivity index (χ3v) is 7.54. The lowest BCUT2D eigenvalue weighted by atomic mass is 10.00. The lowest BCUT2D eigenvalue weighted by Crippen LogP contribution is -1.98. The molecule has 0 unspecified atom stereocenters. The largest absolute Gasteiger partial charge is 0.344 e. The summed E-state index contributed by atoms with van der Waals surface area (Å²) in [5.41, 5.74) is 11.6. The smallest absolute Gasteiger partial charge is 0.0538 e. The quantitative estimate of drug-likeness (QED) is 0.184. The minimum Gasteiger partial charge on any atom is -0.344 e. The second-order valence-electron chi connectivity index (χ2n) is 9.94. The van der Waals surface area contributed by atoms with E-state index in [0.717, 1.165) is 6.42 Å². The summed E-state index contributed by atoms with van der Waals surface area (Å²) in [7, 11) is 2.16. The second kappa shape index (κ2) is 16.3. The molecule has 0 saturated carbocycles. The lowest BCUT2D eigenvalue weighted by molar-refractivity contribution is 1.01. The van der Waals surface area contributed by atoms with Crippen molar-refractivity contribution in [3.8, 4) is 16.8 Å². The van der Waals surface area contributed by atoms with Gasteiger partial charge < -0.3 is 9.13 Å². The van der Waals surface area contributed by atoms with Gasteiger partial charge in [-0.05, 0) is 73.5 Å². The van der Waals surface area contributed by atoms with E-state index in [0.29, 0.717) is 0 Å². The molecule has 0 fully saturated rings. The summed E-state index contributed by atoms with van der Waals surface area (Å²) >= 11 is 0. The van der Waals surface area contributed by atoms with E-state index < -0.39 is 0 Å². The molecule has 0 spiro atoms. The van der Waals surface area contributed by atoms with Gasteiger partial charge in [0.2, 0.25) is 0 Å². The van der Waals surface area contributed by atoms with Crippen LogP contribution in [0.15, 0.2) is 116 Å². The van der Waals surface area contributed by atoms with Gasteiger partial charge in [0, 0.05) is 57.6 Å². The molecule has 44 heavy (non-hydrogen) atoms. The number of aromatic nitrogens is 2. The van der Waals surface area contributed by atoms with Gasteiger partial charge in [-0.25, -0.2) is 0 Å². The number of para-hydroxylation sites is 1. The number of nitrogens with zero attached hydrogens (tertiary/aromatic N) is 2. The van der Waals surface area contributed by atoms with Crippen molar-refractivity contribution in [2.75, 3.05) is 0 Å². The summed E-state index contributed by atoms with van der Waals surface area (Å²) in [6, 6.07) is 31.3. The van der Waals surface area contributed by atoms with Crippen LogP contribution in [0, 0.1) is 6.92 Å². The van der Waals surface area contributed by atoms with Crippen LogP contribution in [0.3, 0.4) is 0 Å². The molecule has 0 atom stereocenters. The SMILES string of the molecule is C=C/C=C\C.CC.CC.CC.Cc1ccc2c(c1)c1cc(-c3ccc4c(c3)c3c(n4-c4ccccc4)CC=C3)ccc1n2C. The van der Waals surface area contributed by atoms with Crippen LogP contribution in [-0.2, 0) is 13.5 Å². The van der Waals surface area contributed by atoms with E-state index in [4.69, 9.17) is 0 Å². The van der Waals surface area contributed by atoms with Crippen LogP contribution in [0.4, 0.5) is 0 Å². The molecular formula is C42H50N2. The van der Waals surface area contributed by atoms with Crippen molar-refractivity contribution < 1.29 is 0 Å². The zero-order valence-corrected chi connectivity index (χ0v) is 28.3. The standard InChI is InChI=1S/C31H24N2.C5H8.3C2H6/c1-20-11-14-28-25(17-20)27-19-21(12-15-29(27)32(28)2)22-13-16-31-26(18-22)24-9-6-10-30(24)33(31)23-7-4-3-5-8-23;1-3-5-4-2;3*1-2/h3-9,11-19H,10H2,1-2H3;3-5H,1H2,2H3;3*1-2H3/b;5-4-;;;. The minimum atomic E-state index is 0.982. The molecule has 0 aliphatic heterocycles. The van der Waals surface area contributed by atoms with Gasteiger partial charge in [0.05, 0.1) is 5.52 Å². The Morgan fingerprint density at radius 3 is 1.84 bits per heavy atom. The molecule has 4 aromatic carbocycles. The average molecular weight is 583 g/mol. The number of allylic oxidation sites excluding steroid dienone is 4. The Labute approximate surface area is 265 Å². The molecule has 0 saturated heterocycles. The third-order valence-electron chi connectivity index (χ3n) is 7.54. The number of hydrogen-bond acceptors (Lipinski definition) is 0. The summed E-state index contributed by atoms with van der Waals surface area (Å²) in [6.45, 7) is 19.6. The number of hydrogen-bond donors (Lipinski definition) is 0. The van der Waals surface area contributed by atoms with Gasteiger partial charge >= 0.3 is 0 Å². The molecule has 1 aliphatic rings. The number of aryl methyl sites for hydroxylation is 2. The van der Waals surface area contributed by atoms with Crippen LogP contribution in [0.5, 0.6) is 0 Å². The first kappa shape index (κ1) is 33.9. The molecular weight excluding hydrogens is 532 g/mol. The van der Waals surface area contributed by atoms with Crippen molar-refractivity contribution in [2.45, 2.75) is 61.8 Å². The number of benzene rings is 4. The summed E-state index contributed by atoms with van der Waals surface area (Å²) in [5.74, 6) is 0. The molecule has 2 heteroatoms. The molecule has 1 aliphatic carbocycles. The van der Waals surface area contributed by atoms with E-state index in [2.05, 4.69) is 127 Å². The van der Waals surface area contributed by atoms with Crippen molar-refractivity contribution in [3.63, 3.8) is 0 Å². The van der Waals surface area contributed by atoms with Crippen molar-refractivity contribution in [1.29, 1.82) is 0 Å². The monoisotopic (exact) mass is 582 g/mol. The van der Waals surface area contributed by atoms with Crippen LogP contribution in [0.25, 0.3) is 55.6 Å². The van der Waals surface area contributed by atoms with Crippen LogP contribution < -0.4 is 0 Å². The zero-order chi connectivity index (χ0) is 32.2. The first-order valence-corrected chi connectivity index (χ1v) is 16.2. The van der Waals surface area contributed by atoms with E-state index in [1.165, 1.54) is 66.3 Å². The van der Waals surface area contributed by atoms with E-state index in [1.54, 1.807) is 6.08 Å². The highest BCUT2D eigenvalue weighted by Crippen LogP contribution is 2.38. The first-order valence-electron chi connectivity index (χ1n) is 16.2. The Kier molecular flexibility index (Phi) is 12.6. The molecule has 0 N–H and O–H groups in total. The molecule has 2 nitrogen and oxygen atoms in total. The zero-order valence-electron chi connectivity index (χ0n) is 28.3. The Morgan fingerprint density at radius 1 is 0.682 bits per heavy atom. The number of rotatable bonds is 3. The summed E-state index contributed by atoms with van der Waals surface area (Å²) in [4.78, 5) is 0. The molecule has 2 heterocycles. The van der Waals surface area contributed by atoms with Gasteiger partial charge in [0.15, 0.2) is 0 Å². The summed E-state index contributed by atoms with van der Waals surface area (Å²) in [6.07, 6.45) is 11.1. The van der Waals surface area contributed by atoms with E-state index >= 15 is 0 Å². The topological polar surface area (TPSA) is 9.86 Å². The molecule has 0 bridgehead atoms. The fourth-order valence-corrected chi connectivity index (χ4v) is 5.74. The molecule has 0 radical (unpaired) electrons. The second-order valence-corrected chi connectivity index (χ2v) is 9.94. The first-order chi connectivity index (χ1) is 21.6. The molecule has 6 aromatic rings. The van der Waals surface area contributed by atoms with Gasteiger partial charge in [0.25, 0.3) is 0 Å². The summed E-state index contributed by atoms with van der Waals surface area (Å²) in [5, 5.41) is 3.98. The predicted octanol–water partition coefficient (Wildman–Crippen LogP) is 12.6. The van der Waals surface area contributed by atoms with Crippen LogP contribution in [0.1, 0.15) is 65.3 Å². The normalized spacial score (nSPS) is 11.1. The Morgan fingerprint density at radius 2 is 1.25 bits per heavy atom. The van der Waals surface area contributed by atoms with E-state index in [1.807, 2.05) is 60.6 Å². The van der Waals surface area contributed by atoms with Crippen molar-refractivity contribution in [3.05, 3.63) is 133 Å². The minimum absolute atomic E-state index is 0.982. The third kappa shape index (κ3) is 6.65. The van der Waals surface area contributed by atoms with Gasteiger partial charge in [0.1, 0.15) is 0 Å². The maximum Gasteiger partial charge on any atom is 0.0538 e. The van der Waals surface area contributed by atoms with Crippen LogP contribution >= 0.6 is 0 Å². The van der Waals surface area contributed by atoms with Crippen molar-refractivity contribution >= 4 is 38.8 Å². The lowest BCUT2D eigenvalue weighted by Gasteiger charge is -2.10. The maximum atomic E-state index is 3.46. The van der Waals surface area contributed by atoms with Crippen LogP contribution in [-0.4, -0.2) is 9.13 Å². The highest BCUT2D eigenvalue weighted by molar-refractivity contribution is 6.09. The number of fused-ring (bicyclic) bond motifs is 6. The highest BCUT2D eigenvalue weighted by atomic mass is 15.0. The molecule has 0 amide bonds. The Hall–Kier alpha value is -4.56. The van der Waals surface area contributed by atoms with E-state index in [9.17, 15) is 0 Å². The Balaban J connectivity index is 0.000000428. The molecule has 228 valence electrons. The predicted molar refractivity (Wildman–Crippen MR) is 199 cm³/mol. The van der Waals surface area contributed by atoms with Crippen molar-refractivity contribution in [1.82, 2.24) is 9.13 Å². The average Bonchev–Trinajstić information content (AvgIpc) is 3.76. The maximum absolute atomic E-state index is 3.46. The fourth-order valence-electron chi connectivity index (χ4n) is 5.74. The van der Waals surface area contributed by atoms with Gasteiger partial charge in [-0.3, -0.25) is 0 Å². The van der Waals surface area contributed by atoms with Gasteiger partial charge in [-0.2, -0.15) is 0 Å². The van der Waals surface area contributed by atoms with Gasteiger partial charge in [-0.1, -0.05) is 120 Å². The van der Waals surface area contributed by atoms with Gasteiger partial charge in [-0.15, -0.1) is 0 Å². The highest BCUT2D eigenvalue weighted by Gasteiger charge is 2.19. The summed E-state index contributed by atoms with van der Waals surface area (Å²) < 4.78 is 4.72.